The van der Waals surface area contributed by atoms with E-state index in [-0.39, 0.29) is 17.9 Å². The fourth-order valence-corrected chi connectivity index (χ4v) is 3.57. The number of anilines is 1. The number of fused-ring (bicyclic) bond motifs is 1. The van der Waals surface area contributed by atoms with Crippen molar-refractivity contribution in [1.29, 1.82) is 0 Å². The Morgan fingerprint density at radius 1 is 1.12 bits per heavy atom. The van der Waals surface area contributed by atoms with Crippen molar-refractivity contribution in [2.24, 2.45) is 0 Å². The van der Waals surface area contributed by atoms with Gasteiger partial charge in [-0.2, -0.15) is 0 Å². The molecule has 1 aromatic heterocycles. The highest BCUT2D eigenvalue weighted by atomic mass is 16.6. The van der Waals surface area contributed by atoms with Gasteiger partial charge < -0.3 is 24.9 Å². The molecule has 1 atom stereocenters. The van der Waals surface area contributed by atoms with Crippen LogP contribution in [0.1, 0.15) is 51.2 Å². The number of hydrogen-bond acceptors (Lipinski definition) is 6. The smallest absolute Gasteiger partial charge is 0.408 e. The summed E-state index contributed by atoms with van der Waals surface area (Å²) in [4.78, 5) is 36.7. The second-order valence-electron chi connectivity index (χ2n) is 8.64. The molecule has 2 aromatic carbocycles. The fraction of sp³-hybridized carbons (Fsp3) is 0.320. The number of alkyl carbamates (subject to hydrolysis) is 1. The van der Waals surface area contributed by atoms with Gasteiger partial charge in [-0.05, 0) is 57.0 Å². The number of nitrogens with one attached hydrogen (secondary N) is 2. The van der Waals surface area contributed by atoms with Gasteiger partial charge in [0.15, 0.2) is 0 Å². The molecule has 0 aliphatic rings. The molecule has 0 aliphatic heterocycles. The summed E-state index contributed by atoms with van der Waals surface area (Å²) in [5.74, 6) is -0.980. The minimum Gasteiger partial charge on any atom is -0.507 e. The van der Waals surface area contributed by atoms with Crippen LogP contribution in [0.15, 0.2) is 57.7 Å². The third-order valence-electron chi connectivity index (χ3n) is 4.94. The molecular weight excluding hydrogens is 424 g/mol. The van der Waals surface area contributed by atoms with Crippen LogP contribution in [0.3, 0.4) is 0 Å². The Morgan fingerprint density at radius 3 is 2.55 bits per heavy atom. The molecule has 8 nitrogen and oxygen atoms in total. The average Bonchev–Trinajstić information content (AvgIpc) is 2.74. The first kappa shape index (κ1) is 23.8. The molecule has 33 heavy (non-hydrogen) atoms. The van der Waals surface area contributed by atoms with E-state index in [0.29, 0.717) is 23.1 Å². The van der Waals surface area contributed by atoms with Crippen LogP contribution in [0.25, 0.3) is 11.0 Å². The number of hydrogen-bond donors (Lipinski definition) is 3. The van der Waals surface area contributed by atoms with Crippen molar-refractivity contribution in [3.63, 3.8) is 0 Å². The van der Waals surface area contributed by atoms with Crippen molar-refractivity contribution in [3.05, 3.63) is 70.1 Å². The molecule has 0 radical (unpaired) electrons. The van der Waals surface area contributed by atoms with Crippen molar-refractivity contribution in [1.82, 2.24) is 5.32 Å². The Balaban J connectivity index is 1.80. The molecule has 0 bridgehead atoms. The molecule has 1 heterocycles. The number of aromatic hydroxyl groups is 1. The van der Waals surface area contributed by atoms with Crippen LogP contribution in [-0.4, -0.2) is 29.3 Å². The van der Waals surface area contributed by atoms with Gasteiger partial charge in [-0.25, -0.2) is 9.59 Å². The highest BCUT2D eigenvalue weighted by Crippen LogP contribution is 2.36. The van der Waals surface area contributed by atoms with E-state index in [0.717, 1.165) is 5.56 Å². The molecular formula is C25H28N2O6. The van der Waals surface area contributed by atoms with E-state index in [2.05, 4.69) is 10.6 Å². The van der Waals surface area contributed by atoms with Gasteiger partial charge in [-0.1, -0.05) is 31.2 Å². The summed E-state index contributed by atoms with van der Waals surface area (Å²) < 4.78 is 10.5. The summed E-state index contributed by atoms with van der Waals surface area (Å²) in [5.41, 5.74) is 0.447. The molecule has 3 aromatic rings. The third kappa shape index (κ3) is 5.91. The Bertz CT molecular complexity index is 1230. The molecule has 0 saturated heterocycles. The van der Waals surface area contributed by atoms with Gasteiger partial charge in [0, 0.05) is 11.6 Å². The predicted octanol–water partition coefficient (Wildman–Crippen LogP) is 4.50. The van der Waals surface area contributed by atoms with Gasteiger partial charge in [0.2, 0.25) is 5.91 Å². The molecule has 8 heteroatoms. The minimum absolute atomic E-state index is 0.107. The van der Waals surface area contributed by atoms with E-state index in [1.807, 2.05) is 13.0 Å². The summed E-state index contributed by atoms with van der Waals surface area (Å²) in [5, 5.41) is 16.4. The SMILES string of the molecule is CC[C@@H](c1cccc(NC(=O)CNC(=O)OC(C)(C)C)c1)c1c(O)c2ccccc2oc1=O. The molecule has 0 spiro atoms. The fourth-order valence-electron chi connectivity index (χ4n) is 3.57. The van der Waals surface area contributed by atoms with Gasteiger partial charge in [0.25, 0.3) is 0 Å². The van der Waals surface area contributed by atoms with Crippen molar-refractivity contribution < 1.29 is 23.8 Å². The molecule has 3 rings (SSSR count). The monoisotopic (exact) mass is 452 g/mol. The normalized spacial score (nSPS) is 12.2. The maximum absolute atomic E-state index is 12.7. The van der Waals surface area contributed by atoms with Crippen LogP contribution in [0, 0.1) is 0 Å². The Kier molecular flexibility index (Phi) is 7.06. The quantitative estimate of drug-likeness (QED) is 0.474. The Hall–Kier alpha value is -3.81. The first-order valence-corrected chi connectivity index (χ1v) is 10.7. The zero-order valence-corrected chi connectivity index (χ0v) is 19.1. The standard InChI is InChI=1S/C25H28N2O6/c1-5-17(21-22(29)18-11-6-7-12-19(18)32-23(21)30)15-9-8-10-16(13-15)27-20(28)14-26-24(31)33-25(2,3)4/h6-13,17,29H,5,14H2,1-4H3,(H,26,31)(H,27,28)/t17-/m0/s1. The number of carbonyl (C=O) groups is 2. The molecule has 2 amide bonds. The zero-order chi connectivity index (χ0) is 24.2. The minimum atomic E-state index is -0.684. The van der Waals surface area contributed by atoms with Gasteiger partial charge in [-0.3, -0.25) is 4.79 Å². The summed E-state index contributed by atoms with van der Waals surface area (Å²) >= 11 is 0. The van der Waals surface area contributed by atoms with Gasteiger partial charge in [-0.15, -0.1) is 0 Å². The Morgan fingerprint density at radius 2 is 1.85 bits per heavy atom. The maximum Gasteiger partial charge on any atom is 0.408 e. The highest BCUT2D eigenvalue weighted by molar-refractivity contribution is 5.94. The molecule has 0 aliphatic carbocycles. The van der Waals surface area contributed by atoms with Crippen LogP contribution < -0.4 is 16.3 Å². The largest absolute Gasteiger partial charge is 0.507 e. The molecule has 0 fully saturated rings. The van der Waals surface area contributed by atoms with Gasteiger partial charge >= 0.3 is 11.7 Å². The lowest BCUT2D eigenvalue weighted by Gasteiger charge is -2.19. The summed E-state index contributed by atoms with van der Waals surface area (Å²) in [6, 6.07) is 13.8. The van der Waals surface area contributed by atoms with Crippen molar-refractivity contribution in [2.75, 3.05) is 11.9 Å². The van der Waals surface area contributed by atoms with E-state index in [1.165, 1.54) is 0 Å². The summed E-state index contributed by atoms with van der Waals surface area (Å²) in [7, 11) is 0. The van der Waals surface area contributed by atoms with Crippen LogP contribution in [-0.2, 0) is 9.53 Å². The lowest BCUT2D eigenvalue weighted by Crippen LogP contribution is -2.37. The first-order valence-electron chi connectivity index (χ1n) is 10.7. The topological polar surface area (TPSA) is 118 Å². The number of benzene rings is 2. The van der Waals surface area contributed by atoms with Gasteiger partial charge in [0.1, 0.15) is 23.5 Å². The van der Waals surface area contributed by atoms with Crippen LogP contribution in [0.2, 0.25) is 0 Å². The molecule has 3 N–H and O–H groups in total. The highest BCUT2D eigenvalue weighted by Gasteiger charge is 2.24. The number of rotatable bonds is 6. The van der Waals surface area contributed by atoms with Crippen LogP contribution in [0.4, 0.5) is 10.5 Å². The summed E-state index contributed by atoms with van der Waals surface area (Å²) in [6.45, 7) is 6.84. The van der Waals surface area contributed by atoms with Crippen LogP contribution >= 0.6 is 0 Å². The summed E-state index contributed by atoms with van der Waals surface area (Å²) in [6.07, 6.45) is -0.162. The predicted molar refractivity (Wildman–Crippen MR) is 126 cm³/mol. The van der Waals surface area contributed by atoms with Gasteiger partial charge in [0.05, 0.1) is 10.9 Å². The van der Waals surface area contributed by atoms with E-state index < -0.39 is 29.1 Å². The lowest BCUT2D eigenvalue weighted by atomic mass is 9.88. The first-order chi connectivity index (χ1) is 15.6. The number of ether oxygens (including phenoxy) is 1. The maximum atomic E-state index is 12.7. The molecule has 0 saturated carbocycles. The van der Waals surface area contributed by atoms with E-state index in [9.17, 15) is 19.5 Å². The van der Waals surface area contributed by atoms with Crippen LogP contribution in [0.5, 0.6) is 5.75 Å². The Labute approximate surface area is 191 Å². The van der Waals surface area contributed by atoms with Crippen molar-refractivity contribution >= 4 is 28.7 Å². The number of para-hydroxylation sites is 1. The number of amides is 2. The molecule has 174 valence electrons. The van der Waals surface area contributed by atoms with E-state index >= 15 is 0 Å². The van der Waals surface area contributed by atoms with E-state index in [4.69, 9.17) is 9.15 Å². The average molecular weight is 453 g/mol. The number of carbonyl (C=O) groups excluding carboxylic acids is 2. The lowest BCUT2D eigenvalue weighted by molar-refractivity contribution is -0.115. The molecule has 0 unspecified atom stereocenters. The second kappa shape index (κ2) is 9.77. The van der Waals surface area contributed by atoms with E-state index in [1.54, 1.807) is 63.2 Å². The van der Waals surface area contributed by atoms with Crippen molar-refractivity contribution in [2.45, 2.75) is 45.6 Å². The zero-order valence-electron chi connectivity index (χ0n) is 19.1. The third-order valence-corrected chi connectivity index (χ3v) is 4.94. The second-order valence-corrected chi connectivity index (χ2v) is 8.64. The van der Waals surface area contributed by atoms with Crippen molar-refractivity contribution in [3.8, 4) is 5.75 Å².